The molecule has 2 aromatic rings. The summed E-state index contributed by atoms with van der Waals surface area (Å²) in [5, 5.41) is 15.1. The normalized spacial score (nSPS) is 17.3. The van der Waals surface area contributed by atoms with E-state index in [0.29, 0.717) is 0 Å². The Balaban J connectivity index is 1.75. The zero-order chi connectivity index (χ0) is 15.6. The molecule has 0 spiro atoms. The number of hydrogen-bond acceptors (Lipinski definition) is 4. The van der Waals surface area contributed by atoms with Crippen LogP contribution in [0.3, 0.4) is 0 Å². The molecule has 0 unspecified atom stereocenters. The van der Waals surface area contributed by atoms with Gasteiger partial charge in [0.05, 0.1) is 11.3 Å². The molecule has 118 valence electrons. The maximum atomic E-state index is 10.6. The SMILES string of the molecule is CN(Cc1cn(C)nc1-c1ccncc1)CC1(O)CCCC1. The minimum absolute atomic E-state index is 0.506. The third kappa shape index (κ3) is 3.36. The lowest BCUT2D eigenvalue weighted by atomic mass is 10.0. The second-order valence-corrected chi connectivity index (χ2v) is 6.52. The summed E-state index contributed by atoms with van der Waals surface area (Å²) < 4.78 is 1.85. The van der Waals surface area contributed by atoms with Crippen LogP contribution >= 0.6 is 0 Å². The smallest absolute Gasteiger partial charge is 0.0969 e. The molecule has 1 aliphatic carbocycles. The summed E-state index contributed by atoms with van der Waals surface area (Å²) in [7, 11) is 4.01. The van der Waals surface area contributed by atoms with Crippen molar-refractivity contribution < 1.29 is 5.11 Å². The van der Waals surface area contributed by atoms with Crippen LogP contribution in [0.5, 0.6) is 0 Å². The molecule has 5 heteroatoms. The van der Waals surface area contributed by atoms with E-state index in [0.717, 1.165) is 50.0 Å². The summed E-state index contributed by atoms with van der Waals surface area (Å²) in [6.07, 6.45) is 9.75. The van der Waals surface area contributed by atoms with E-state index in [9.17, 15) is 5.11 Å². The van der Waals surface area contributed by atoms with Gasteiger partial charge in [-0.05, 0) is 32.0 Å². The van der Waals surface area contributed by atoms with Gasteiger partial charge in [0.15, 0.2) is 0 Å². The average molecular weight is 300 g/mol. The second-order valence-electron chi connectivity index (χ2n) is 6.52. The van der Waals surface area contributed by atoms with Gasteiger partial charge < -0.3 is 5.11 Å². The fraction of sp³-hybridized carbons (Fsp3) is 0.529. The van der Waals surface area contributed by atoms with Crippen LogP contribution in [0, 0.1) is 0 Å². The van der Waals surface area contributed by atoms with Gasteiger partial charge in [0, 0.05) is 49.9 Å². The first-order valence-electron chi connectivity index (χ1n) is 7.90. The van der Waals surface area contributed by atoms with Crippen molar-refractivity contribution in [2.45, 2.75) is 37.8 Å². The number of aromatic nitrogens is 3. The van der Waals surface area contributed by atoms with Crippen LogP contribution < -0.4 is 0 Å². The van der Waals surface area contributed by atoms with E-state index < -0.39 is 5.60 Å². The highest BCUT2D eigenvalue weighted by Gasteiger charge is 2.32. The molecule has 1 saturated carbocycles. The van der Waals surface area contributed by atoms with Gasteiger partial charge in [0.25, 0.3) is 0 Å². The van der Waals surface area contributed by atoms with Crippen molar-refractivity contribution in [3.63, 3.8) is 0 Å². The molecule has 0 saturated heterocycles. The van der Waals surface area contributed by atoms with Crippen LogP contribution in [0.4, 0.5) is 0 Å². The minimum Gasteiger partial charge on any atom is -0.389 e. The molecule has 2 heterocycles. The van der Waals surface area contributed by atoms with E-state index >= 15 is 0 Å². The van der Waals surface area contributed by atoms with Crippen molar-refractivity contribution in [3.8, 4) is 11.3 Å². The molecule has 22 heavy (non-hydrogen) atoms. The first-order chi connectivity index (χ1) is 10.6. The van der Waals surface area contributed by atoms with Crippen molar-refractivity contribution in [2.75, 3.05) is 13.6 Å². The average Bonchev–Trinajstić information content (AvgIpc) is 3.06. The summed E-state index contributed by atoms with van der Waals surface area (Å²) >= 11 is 0. The van der Waals surface area contributed by atoms with E-state index in [4.69, 9.17) is 0 Å². The van der Waals surface area contributed by atoms with Gasteiger partial charge in [-0.25, -0.2) is 0 Å². The molecule has 0 amide bonds. The molecule has 0 bridgehead atoms. The van der Waals surface area contributed by atoms with Gasteiger partial charge in [0.1, 0.15) is 0 Å². The molecular formula is C17H24N4O. The molecular weight excluding hydrogens is 276 g/mol. The molecule has 1 N–H and O–H groups in total. The first-order valence-corrected chi connectivity index (χ1v) is 7.90. The Labute approximate surface area is 131 Å². The predicted octanol–water partition coefficient (Wildman–Crippen LogP) is 2.22. The van der Waals surface area contributed by atoms with E-state index in [1.54, 1.807) is 12.4 Å². The summed E-state index contributed by atoms with van der Waals surface area (Å²) in [6, 6.07) is 3.96. The lowest BCUT2D eigenvalue weighted by Crippen LogP contribution is -2.38. The Morgan fingerprint density at radius 2 is 1.95 bits per heavy atom. The summed E-state index contributed by atoms with van der Waals surface area (Å²) in [6.45, 7) is 1.51. The number of aryl methyl sites for hydroxylation is 1. The van der Waals surface area contributed by atoms with Crippen LogP contribution in [-0.2, 0) is 13.6 Å². The fourth-order valence-electron chi connectivity index (χ4n) is 3.45. The van der Waals surface area contributed by atoms with Crippen molar-refractivity contribution in [2.24, 2.45) is 7.05 Å². The molecule has 0 aliphatic heterocycles. The Morgan fingerprint density at radius 3 is 2.64 bits per heavy atom. The number of rotatable bonds is 5. The third-order valence-electron chi connectivity index (χ3n) is 4.40. The molecule has 5 nitrogen and oxygen atoms in total. The zero-order valence-corrected chi connectivity index (χ0v) is 13.4. The second kappa shape index (κ2) is 6.18. The summed E-state index contributed by atoms with van der Waals surface area (Å²) in [5.74, 6) is 0. The van der Waals surface area contributed by atoms with Crippen molar-refractivity contribution in [1.82, 2.24) is 19.7 Å². The summed E-state index contributed by atoms with van der Waals surface area (Å²) in [5.41, 5.74) is 2.75. The number of likely N-dealkylation sites (N-methyl/N-ethyl adjacent to an activating group) is 1. The van der Waals surface area contributed by atoms with E-state index in [2.05, 4.69) is 28.2 Å². The Hall–Kier alpha value is -1.72. The molecule has 2 aromatic heterocycles. The third-order valence-corrected chi connectivity index (χ3v) is 4.40. The maximum Gasteiger partial charge on any atom is 0.0969 e. The topological polar surface area (TPSA) is 54.2 Å². The number of hydrogen-bond donors (Lipinski definition) is 1. The van der Waals surface area contributed by atoms with Gasteiger partial charge in [-0.15, -0.1) is 0 Å². The number of aliphatic hydroxyl groups is 1. The largest absolute Gasteiger partial charge is 0.389 e. The molecule has 0 radical (unpaired) electrons. The van der Waals surface area contributed by atoms with Crippen LogP contribution in [0.2, 0.25) is 0 Å². The van der Waals surface area contributed by atoms with Crippen LogP contribution in [0.25, 0.3) is 11.3 Å². The quantitative estimate of drug-likeness (QED) is 0.920. The van der Waals surface area contributed by atoms with Crippen molar-refractivity contribution in [3.05, 3.63) is 36.3 Å². The zero-order valence-electron chi connectivity index (χ0n) is 13.4. The highest BCUT2D eigenvalue weighted by atomic mass is 16.3. The lowest BCUT2D eigenvalue weighted by molar-refractivity contribution is 0.0145. The molecule has 0 aromatic carbocycles. The van der Waals surface area contributed by atoms with E-state index in [1.165, 1.54) is 5.56 Å². The standard InChI is InChI=1S/C17H24N4O/c1-20(13-17(22)7-3-4-8-17)11-15-12-21(2)19-16(15)14-5-9-18-10-6-14/h5-6,9-10,12,22H,3-4,7-8,11,13H2,1-2H3. The van der Waals surface area contributed by atoms with Gasteiger partial charge >= 0.3 is 0 Å². The van der Waals surface area contributed by atoms with Crippen molar-refractivity contribution in [1.29, 1.82) is 0 Å². The Morgan fingerprint density at radius 1 is 1.27 bits per heavy atom. The molecule has 1 aliphatic rings. The highest BCUT2D eigenvalue weighted by molar-refractivity contribution is 5.61. The van der Waals surface area contributed by atoms with E-state index in [-0.39, 0.29) is 0 Å². The molecule has 3 rings (SSSR count). The Bertz CT molecular complexity index is 617. The summed E-state index contributed by atoms with van der Waals surface area (Å²) in [4.78, 5) is 6.27. The number of nitrogens with zero attached hydrogens (tertiary/aromatic N) is 4. The Kier molecular flexibility index (Phi) is 4.27. The van der Waals surface area contributed by atoms with Crippen LogP contribution in [0.15, 0.2) is 30.7 Å². The van der Waals surface area contributed by atoms with Crippen molar-refractivity contribution >= 4 is 0 Å². The van der Waals surface area contributed by atoms with Gasteiger partial charge in [-0.1, -0.05) is 12.8 Å². The van der Waals surface area contributed by atoms with Gasteiger partial charge in [-0.3, -0.25) is 14.6 Å². The predicted molar refractivity (Wildman–Crippen MR) is 86.2 cm³/mol. The monoisotopic (exact) mass is 300 g/mol. The van der Waals surface area contributed by atoms with Crippen LogP contribution in [0.1, 0.15) is 31.2 Å². The fourth-order valence-corrected chi connectivity index (χ4v) is 3.45. The molecule has 0 atom stereocenters. The van der Waals surface area contributed by atoms with Gasteiger partial charge in [-0.2, -0.15) is 5.10 Å². The van der Waals surface area contributed by atoms with Crippen LogP contribution in [-0.4, -0.2) is 44.0 Å². The lowest BCUT2D eigenvalue weighted by Gasteiger charge is -2.28. The highest BCUT2D eigenvalue weighted by Crippen LogP contribution is 2.30. The minimum atomic E-state index is -0.506. The number of pyridine rings is 1. The first kappa shape index (κ1) is 15.2. The maximum absolute atomic E-state index is 10.6. The van der Waals surface area contributed by atoms with Gasteiger partial charge in [0.2, 0.25) is 0 Å². The molecule has 1 fully saturated rings. The van der Waals surface area contributed by atoms with E-state index in [1.807, 2.05) is 23.9 Å².